The lowest BCUT2D eigenvalue weighted by atomic mass is 10.1. The van der Waals surface area contributed by atoms with E-state index in [1.165, 1.54) is 4.70 Å². The minimum Gasteiger partial charge on any atom is -0.462 e. The van der Waals surface area contributed by atoms with E-state index in [9.17, 15) is 4.79 Å². The van der Waals surface area contributed by atoms with Crippen molar-refractivity contribution in [2.45, 2.75) is 0 Å². The third-order valence-electron chi connectivity index (χ3n) is 3.62. The first kappa shape index (κ1) is 14.1. The van der Waals surface area contributed by atoms with E-state index in [1.807, 2.05) is 18.2 Å². The van der Waals surface area contributed by atoms with E-state index < -0.39 is 0 Å². The second-order valence-corrected chi connectivity index (χ2v) is 7.30. The van der Waals surface area contributed by atoms with Crippen molar-refractivity contribution in [1.82, 2.24) is 4.90 Å². The fourth-order valence-corrected chi connectivity index (χ4v) is 4.93. The molecule has 22 heavy (non-hydrogen) atoms. The summed E-state index contributed by atoms with van der Waals surface area (Å²) in [6.45, 7) is 2.42. The van der Waals surface area contributed by atoms with Gasteiger partial charge >= 0.3 is 0 Å². The normalized spacial score (nSPS) is 17.1. The number of amidine groups is 1. The molecule has 7 heteroatoms. The summed E-state index contributed by atoms with van der Waals surface area (Å²) in [4.78, 5) is 18.3. The van der Waals surface area contributed by atoms with E-state index in [0.717, 1.165) is 44.8 Å². The van der Waals surface area contributed by atoms with Gasteiger partial charge in [-0.2, -0.15) is 0 Å². The smallest absolute Gasteiger partial charge is 0.293 e. The van der Waals surface area contributed by atoms with Crippen LogP contribution in [0.3, 0.4) is 0 Å². The monoisotopic (exact) mass is 350 g/mol. The highest BCUT2D eigenvalue weighted by Crippen LogP contribution is 2.45. The zero-order valence-corrected chi connectivity index (χ0v) is 13.8. The molecule has 2 aliphatic heterocycles. The summed E-state index contributed by atoms with van der Waals surface area (Å²) in [5.74, 6) is 0. The molecule has 1 aromatic carbocycles. The molecule has 0 fully saturated rings. The Morgan fingerprint density at radius 3 is 3.23 bits per heavy atom. The Hall–Kier alpha value is -1.50. The molecule has 1 aromatic heterocycles. The van der Waals surface area contributed by atoms with Crippen LogP contribution in [0.25, 0.3) is 15.8 Å². The fraction of sp³-hybridized carbons (Fsp3) is 0.200. The van der Waals surface area contributed by atoms with Crippen molar-refractivity contribution < 1.29 is 9.53 Å². The quantitative estimate of drug-likeness (QED) is 0.786. The lowest BCUT2D eigenvalue weighted by Gasteiger charge is -2.16. The SMILES string of the molecule is O=COCC1=C(c2csc3ccc(Cl)cc23)N2CCN=C2S1. The van der Waals surface area contributed by atoms with Crippen LogP contribution in [0.5, 0.6) is 0 Å². The summed E-state index contributed by atoms with van der Waals surface area (Å²) >= 11 is 9.43. The number of halogens is 1. The topological polar surface area (TPSA) is 41.9 Å². The number of aliphatic imine (C=N–C) groups is 1. The zero-order valence-electron chi connectivity index (χ0n) is 11.4. The summed E-state index contributed by atoms with van der Waals surface area (Å²) < 4.78 is 6.17. The van der Waals surface area contributed by atoms with Crippen molar-refractivity contribution >= 4 is 62.1 Å². The van der Waals surface area contributed by atoms with Crippen LogP contribution in [0.1, 0.15) is 5.56 Å². The summed E-state index contributed by atoms with van der Waals surface area (Å²) in [7, 11) is 0. The Labute approximate surface area is 140 Å². The summed E-state index contributed by atoms with van der Waals surface area (Å²) in [6.07, 6.45) is 0. The number of carbonyl (C=O) groups is 1. The number of hydrogen-bond donors (Lipinski definition) is 0. The molecule has 2 aromatic rings. The lowest BCUT2D eigenvalue weighted by Crippen LogP contribution is -2.20. The predicted octanol–water partition coefficient (Wildman–Crippen LogP) is 3.81. The van der Waals surface area contributed by atoms with Crippen LogP contribution in [-0.2, 0) is 9.53 Å². The van der Waals surface area contributed by atoms with Crippen LogP contribution in [-0.4, -0.2) is 36.2 Å². The maximum Gasteiger partial charge on any atom is 0.293 e. The van der Waals surface area contributed by atoms with Gasteiger partial charge in [-0.25, -0.2) is 0 Å². The Balaban J connectivity index is 1.87. The van der Waals surface area contributed by atoms with Crippen molar-refractivity contribution in [2.75, 3.05) is 19.7 Å². The van der Waals surface area contributed by atoms with Gasteiger partial charge in [-0.1, -0.05) is 23.4 Å². The first-order valence-corrected chi connectivity index (χ1v) is 8.80. The average Bonchev–Trinajstić information content (AvgIpc) is 3.18. The first-order valence-electron chi connectivity index (χ1n) is 6.73. The van der Waals surface area contributed by atoms with Crippen LogP contribution >= 0.6 is 34.7 Å². The molecule has 0 N–H and O–H groups in total. The van der Waals surface area contributed by atoms with E-state index >= 15 is 0 Å². The van der Waals surface area contributed by atoms with E-state index in [4.69, 9.17) is 16.3 Å². The first-order chi connectivity index (χ1) is 10.8. The van der Waals surface area contributed by atoms with Gasteiger partial charge in [0.25, 0.3) is 6.47 Å². The number of thiophene rings is 1. The van der Waals surface area contributed by atoms with Gasteiger partial charge in [-0.15, -0.1) is 11.3 Å². The molecule has 3 heterocycles. The number of thioether (sulfide) groups is 1. The van der Waals surface area contributed by atoms with Crippen LogP contribution in [0.4, 0.5) is 0 Å². The minimum atomic E-state index is 0.275. The Morgan fingerprint density at radius 1 is 1.45 bits per heavy atom. The predicted molar refractivity (Wildman–Crippen MR) is 92.4 cm³/mol. The van der Waals surface area contributed by atoms with Crippen molar-refractivity contribution in [1.29, 1.82) is 0 Å². The highest BCUT2D eigenvalue weighted by atomic mass is 35.5. The second-order valence-electron chi connectivity index (χ2n) is 4.89. The molecule has 0 atom stereocenters. The van der Waals surface area contributed by atoms with Gasteiger partial charge in [0.1, 0.15) is 6.61 Å². The highest BCUT2D eigenvalue weighted by molar-refractivity contribution is 8.17. The van der Waals surface area contributed by atoms with Crippen LogP contribution in [0, 0.1) is 0 Å². The zero-order chi connectivity index (χ0) is 15.1. The van der Waals surface area contributed by atoms with Gasteiger partial charge in [0, 0.05) is 32.6 Å². The molecule has 0 radical (unpaired) electrons. The maximum atomic E-state index is 10.5. The minimum absolute atomic E-state index is 0.275. The molecule has 2 aliphatic rings. The summed E-state index contributed by atoms with van der Waals surface area (Å²) in [5, 5.41) is 4.98. The average molecular weight is 351 g/mol. The van der Waals surface area contributed by atoms with E-state index in [1.54, 1.807) is 23.1 Å². The van der Waals surface area contributed by atoms with Crippen molar-refractivity contribution in [2.24, 2.45) is 4.99 Å². The number of hydrogen-bond acceptors (Lipinski definition) is 6. The Bertz CT molecular complexity index is 828. The molecule has 0 saturated heterocycles. The Kier molecular flexibility index (Phi) is 3.60. The number of nitrogens with zero attached hydrogens (tertiary/aromatic N) is 2. The molecule has 0 bridgehead atoms. The number of fused-ring (bicyclic) bond motifs is 2. The molecular formula is C15H11ClN2O2S2. The van der Waals surface area contributed by atoms with E-state index in [-0.39, 0.29) is 6.61 Å². The third-order valence-corrected chi connectivity index (χ3v) is 5.91. The van der Waals surface area contributed by atoms with Gasteiger partial charge in [-0.3, -0.25) is 9.79 Å². The number of rotatable bonds is 4. The van der Waals surface area contributed by atoms with Crippen LogP contribution in [0.2, 0.25) is 5.02 Å². The maximum absolute atomic E-state index is 10.5. The summed E-state index contributed by atoms with van der Waals surface area (Å²) in [6, 6.07) is 5.93. The van der Waals surface area contributed by atoms with Crippen molar-refractivity contribution in [3.63, 3.8) is 0 Å². The van der Waals surface area contributed by atoms with E-state index in [0.29, 0.717) is 6.47 Å². The molecular weight excluding hydrogens is 340 g/mol. The molecule has 112 valence electrons. The number of carbonyl (C=O) groups excluding carboxylic acids is 1. The lowest BCUT2D eigenvalue weighted by molar-refractivity contribution is -0.127. The van der Waals surface area contributed by atoms with Gasteiger partial charge in [-0.05, 0) is 18.2 Å². The molecule has 0 unspecified atom stereocenters. The largest absolute Gasteiger partial charge is 0.462 e. The van der Waals surface area contributed by atoms with E-state index in [2.05, 4.69) is 15.3 Å². The van der Waals surface area contributed by atoms with Crippen LogP contribution < -0.4 is 0 Å². The second kappa shape index (κ2) is 5.61. The molecule has 0 spiro atoms. The van der Waals surface area contributed by atoms with Gasteiger partial charge in [0.2, 0.25) is 0 Å². The molecule has 4 nitrogen and oxygen atoms in total. The van der Waals surface area contributed by atoms with Crippen LogP contribution in [0.15, 0.2) is 33.5 Å². The van der Waals surface area contributed by atoms with Gasteiger partial charge in [0.05, 0.1) is 17.1 Å². The number of ether oxygens (including phenoxy) is 1. The third kappa shape index (κ3) is 2.22. The fourth-order valence-electron chi connectivity index (χ4n) is 2.72. The van der Waals surface area contributed by atoms with Gasteiger partial charge in [0.15, 0.2) is 5.17 Å². The standard InChI is InChI=1S/C15H11ClN2O2S2/c16-9-1-2-12-10(5-9)11(7-21-12)14-13(6-20-8-19)22-15-17-3-4-18(14)15/h1-2,5,7-8H,3-4,6H2. The van der Waals surface area contributed by atoms with Gasteiger partial charge < -0.3 is 9.64 Å². The summed E-state index contributed by atoms with van der Waals surface area (Å²) in [5.41, 5.74) is 2.23. The number of benzene rings is 1. The molecule has 0 saturated carbocycles. The molecule has 0 amide bonds. The van der Waals surface area contributed by atoms with Crippen molar-refractivity contribution in [3.05, 3.63) is 39.1 Å². The molecule has 0 aliphatic carbocycles. The highest BCUT2D eigenvalue weighted by Gasteiger charge is 2.34. The Morgan fingerprint density at radius 2 is 2.36 bits per heavy atom. The molecule has 4 rings (SSSR count). The van der Waals surface area contributed by atoms with Crippen molar-refractivity contribution in [3.8, 4) is 0 Å².